The van der Waals surface area contributed by atoms with Gasteiger partial charge in [0.15, 0.2) is 0 Å². The Morgan fingerprint density at radius 1 is 1.25 bits per heavy atom. The smallest absolute Gasteiger partial charge is 0.239 e. The summed E-state index contributed by atoms with van der Waals surface area (Å²) in [5.74, 6) is -1.03. The van der Waals surface area contributed by atoms with E-state index in [0.29, 0.717) is 41.8 Å². The average molecular weight is 395 g/mol. The maximum absolute atomic E-state index is 12.5. The lowest BCUT2D eigenvalue weighted by molar-refractivity contribution is -0.132. The molecule has 1 aliphatic rings. The van der Waals surface area contributed by atoms with Gasteiger partial charge in [-0.1, -0.05) is 30.1 Å². The zero-order valence-corrected chi connectivity index (χ0v) is 15.8. The molecule has 2 amide bonds. The van der Waals surface area contributed by atoms with Gasteiger partial charge in [-0.15, -0.1) is 12.4 Å². The summed E-state index contributed by atoms with van der Waals surface area (Å²) in [5, 5.41) is 6.85. The topological polar surface area (TPSA) is 61.4 Å². The molecule has 1 atom stereocenters. The van der Waals surface area contributed by atoms with Crippen LogP contribution in [0.25, 0.3) is 0 Å². The van der Waals surface area contributed by atoms with Gasteiger partial charge in [0.1, 0.15) is 5.92 Å². The van der Waals surface area contributed by atoms with Crippen molar-refractivity contribution in [1.29, 1.82) is 0 Å². The van der Waals surface area contributed by atoms with Crippen LogP contribution in [0.5, 0.6) is 0 Å². The van der Waals surface area contributed by atoms with Crippen LogP contribution in [-0.2, 0) is 9.59 Å². The monoisotopic (exact) mass is 393 g/mol. The molecule has 24 heavy (non-hydrogen) atoms. The van der Waals surface area contributed by atoms with Gasteiger partial charge in [0.2, 0.25) is 11.8 Å². The third-order valence-electron chi connectivity index (χ3n) is 3.76. The zero-order valence-electron chi connectivity index (χ0n) is 13.5. The molecule has 1 saturated heterocycles. The van der Waals surface area contributed by atoms with Gasteiger partial charge in [0.05, 0.1) is 10.0 Å². The van der Waals surface area contributed by atoms with Crippen molar-refractivity contribution >= 4 is 53.1 Å². The summed E-state index contributed by atoms with van der Waals surface area (Å²) >= 11 is 11.9. The Labute approximate surface area is 158 Å². The summed E-state index contributed by atoms with van der Waals surface area (Å²) in [6, 6.07) is 5.04. The van der Waals surface area contributed by atoms with Crippen LogP contribution in [0.1, 0.15) is 19.8 Å². The fraction of sp³-hybridized carbons (Fsp3) is 0.500. The quantitative estimate of drug-likeness (QED) is 0.552. The number of halogens is 3. The van der Waals surface area contributed by atoms with Crippen molar-refractivity contribution < 1.29 is 9.59 Å². The van der Waals surface area contributed by atoms with Crippen LogP contribution in [0.2, 0.25) is 10.0 Å². The van der Waals surface area contributed by atoms with Crippen molar-refractivity contribution in [1.82, 2.24) is 10.6 Å². The molecule has 0 aliphatic carbocycles. The number of carbonyl (C=O) groups is 2. The molecule has 0 saturated carbocycles. The lowest BCUT2D eigenvalue weighted by Gasteiger charge is -2.17. The lowest BCUT2D eigenvalue weighted by Crippen LogP contribution is -2.39. The number of rotatable bonds is 7. The summed E-state index contributed by atoms with van der Waals surface area (Å²) in [4.78, 5) is 26.2. The summed E-state index contributed by atoms with van der Waals surface area (Å²) < 4.78 is 0. The highest BCUT2D eigenvalue weighted by Gasteiger charge is 2.37. The number of nitrogens with one attached hydrogen (secondary N) is 2. The molecule has 1 aromatic carbocycles. The number of benzene rings is 1. The van der Waals surface area contributed by atoms with Gasteiger partial charge in [0.25, 0.3) is 0 Å². The van der Waals surface area contributed by atoms with Crippen molar-refractivity contribution in [3.63, 3.8) is 0 Å². The number of nitrogens with zero attached hydrogens (tertiary/aromatic N) is 1. The molecule has 1 heterocycles. The zero-order chi connectivity index (χ0) is 16.8. The molecule has 5 nitrogen and oxygen atoms in total. The Morgan fingerprint density at radius 3 is 2.67 bits per heavy atom. The van der Waals surface area contributed by atoms with Crippen LogP contribution in [0.4, 0.5) is 5.69 Å². The van der Waals surface area contributed by atoms with Gasteiger partial charge in [0, 0.05) is 25.3 Å². The Morgan fingerprint density at radius 2 is 2.00 bits per heavy atom. The lowest BCUT2D eigenvalue weighted by atomic mass is 10.1. The normalized spacial score (nSPS) is 16.9. The highest BCUT2D eigenvalue weighted by Crippen LogP contribution is 2.31. The van der Waals surface area contributed by atoms with Gasteiger partial charge in [-0.05, 0) is 37.6 Å². The molecular weight excluding hydrogens is 373 g/mol. The van der Waals surface area contributed by atoms with Crippen LogP contribution < -0.4 is 15.5 Å². The second-order valence-electron chi connectivity index (χ2n) is 5.47. The van der Waals surface area contributed by atoms with E-state index in [1.54, 1.807) is 23.1 Å². The number of carbonyl (C=O) groups excluding carboxylic acids is 2. The van der Waals surface area contributed by atoms with E-state index in [-0.39, 0.29) is 24.2 Å². The third-order valence-corrected chi connectivity index (χ3v) is 4.50. The first kappa shape index (κ1) is 21.0. The first-order valence-electron chi connectivity index (χ1n) is 7.79. The molecule has 0 aromatic heterocycles. The van der Waals surface area contributed by atoms with Crippen LogP contribution in [0, 0.1) is 5.92 Å². The van der Waals surface area contributed by atoms with Crippen LogP contribution in [0.3, 0.4) is 0 Å². The Balaban J connectivity index is 0.00000288. The number of hydrogen-bond donors (Lipinski definition) is 2. The van der Waals surface area contributed by atoms with Crippen molar-refractivity contribution in [2.45, 2.75) is 19.8 Å². The molecule has 2 N–H and O–H groups in total. The first-order chi connectivity index (χ1) is 11.0. The summed E-state index contributed by atoms with van der Waals surface area (Å²) in [6.07, 6.45) is 1.56. The number of hydrogen-bond acceptors (Lipinski definition) is 3. The Hall–Kier alpha value is -1.01. The van der Waals surface area contributed by atoms with E-state index in [4.69, 9.17) is 23.2 Å². The molecule has 1 fully saturated rings. The highest BCUT2D eigenvalue weighted by atomic mass is 35.5. The van der Waals surface area contributed by atoms with E-state index in [0.717, 1.165) is 13.0 Å². The van der Waals surface area contributed by atoms with Crippen molar-refractivity contribution in [3.8, 4) is 0 Å². The Bertz CT molecular complexity index is 584. The molecule has 0 spiro atoms. The van der Waals surface area contributed by atoms with E-state index in [1.165, 1.54) is 0 Å². The summed E-state index contributed by atoms with van der Waals surface area (Å²) in [5.41, 5.74) is 0.671. The Kier molecular flexibility index (Phi) is 8.84. The first-order valence-corrected chi connectivity index (χ1v) is 8.55. The highest BCUT2D eigenvalue weighted by molar-refractivity contribution is 6.42. The maximum Gasteiger partial charge on any atom is 0.239 e. The summed E-state index contributed by atoms with van der Waals surface area (Å²) in [7, 11) is 0. The minimum atomic E-state index is -0.629. The molecule has 8 heteroatoms. The maximum atomic E-state index is 12.5. The predicted molar refractivity (Wildman–Crippen MR) is 100 cm³/mol. The predicted octanol–water partition coefficient (Wildman–Crippen LogP) is 2.88. The number of amides is 2. The fourth-order valence-corrected chi connectivity index (χ4v) is 2.82. The molecule has 1 unspecified atom stereocenters. The number of anilines is 1. The molecular formula is C16H22Cl3N3O2. The molecule has 1 aliphatic heterocycles. The molecule has 2 rings (SSSR count). The van der Waals surface area contributed by atoms with Crippen molar-refractivity contribution in [3.05, 3.63) is 28.2 Å². The van der Waals surface area contributed by atoms with E-state index in [2.05, 4.69) is 17.6 Å². The van der Waals surface area contributed by atoms with Gasteiger partial charge >= 0.3 is 0 Å². The van der Waals surface area contributed by atoms with E-state index < -0.39 is 5.92 Å². The second kappa shape index (κ2) is 10.1. The largest absolute Gasteiger partial charge is 0.354 e. The van der Waals surface area contributed by atoms with E-state index >= 15 is 0 Å². The SMILES string of the molecule is CCCNCCNC(=O)C1CCN(c2ccc(Cl)c(Cl)c2)C1=O.Cl. The van der Waals surface area contributed by atoms with Gasteiger partial charge in [-0.3, -0.25) is 9.59 Å². The minimum absolute atomic E-state index is 0. The fourth-order valence-electron chi connectivity index (χ4n) is 2.53. The van der Waals surface area contributed by atoms with Crippen molar-refractivity contribution in [2.24, 2.45) is 5.92 Å². The van der Waals surface area contributed by atoms with Crippen LogP contribution in [-0.4, -0.2) is 38.0 Å². The van der Waals surface area contributed by atoms with Crippen LogP contribution >= 0.6 is 35.6 Å². The second-order valence-corrected chi connectivity index (χ2v) is 6.28. The molecule has 1 aromatic rings. The summed E-state index contributed by atoms with van der Waals surface area (Å²) in [6.45, 7) is 4.74. The van der Waals surface area contributed by atoms with E-state index in [1.807, 2.05) is 0 Å². The van der Waals surface area contributed by atoms with Gasteiger partial charge in [-0.2, -0.15) is 0 Å². The molecule has 134 valence electrons. The average Bonchev–Trinajstić information content (AvgIpc) is 2.91. The third kappa shape index (κ3) is 5.24. The van der Waals surface area contributed by atoms with Crippen molar-refractivity contribution in [2.75, 3.05) is 31.1 Å². The molecule has 0 radical (unpaired) electrons. The molecule has 0 bridgehead atoms. The van der Waals surface area contributed by atoms with Gasteiger partial charge in [-0.25, -0.2) is 0 Å². The standard InChI is InChI=1S/C16H21Cl2N3O2.ClH/c1-2-6-19-7-8-20-15(22)12-5-9-21(16(12)23)11-3-4-13(17)14(18)10-11;/h3-4,10,12,19H,2,5-9H2,1H3,(H,20,22);1H. The minimum Gasteiger partial charge on any atom is -0.354 e. The van der Waals surface area contributed by atoms with Gasteiger partial charge < -0.3 is 15.5 Å². The van der Waals surface area contributed by atoms with E-state index in [9.17, 15) is 9.59 Å². The van der Waals surface area contributed by atoms with Crippen LogP contribution in [0.15, 0.2) is 18.2 Å².